The molecule has 25 nitrogen and oxygen atoms in total. The number of unbranched alkanes of at least 4 members (excludes halogenated alkanes) is 1. The van der Waals surface area contributed by atoms with Crippen LogP contribution in [-0.2, 0) is 93.5 Å². The number of aromatic nitrogens is 10. The number of aryl methyl sites for hydroxylation is 5. The van der Waals surface area contributed by atoms with Crippen LogP contribution in [0.3, 0.4) is 0 Å². The number of aliphatic hydroxyl groups excluding tert-OH is 1. The zero-order chi connectivity index (χ0) is 98.3. The normalized spacial score (nSPS) is 12.5. The molecule has 13 rings (SSSR count). The fourth-order valence-corrected chi connectivity index (χ4v) is 17.8. The number of alkyl halides is 15. The zero-order valence-corrected chi connectivity index (χ0v) is 78.6. The molecule has 724 valence electrons. The average molecular weight is 1980 g/mol. The molecule has 1 saturated heterocycles. The smallest absolute Gasteiger partial charge is 0.433 e. The Morgan fingerprint density at radius 1 is 0.425 bits per heavy atom. The number of halogens is 15. The first-order chi connectivity index (χ1) is 63.1. The molecule has 0 unspecified atom stereocenters. The molecule has 0 saturated carbocycles. The Kier molecular flexibility index (Phi) is 37.9. The highest BCUT2D eigenvalue weighted by atomic mass is 32.1. The molecule has 5 amide bonds. The molecular weight excluding hydrogens is 1880 g/mol. The van der Waals surface area contributed by atoms with Crippen LogP contribution >= 0.6 is 56.7 Å². The van der Waals surface area contributed by atoms with Crippen LogP contribution in [0.2, 0.25) is 0 Å². The molecule has 12 aromatic rings. The molecule has 3 N–H and O–H groups in total. The van der Waals surface area contributed by atoms with E-state index in [-0.39, 0.29) is 89.8 Å². The fourth-order valence-electron chi connectivity index (χ4n) is 13.3. The van der Waals surface area contributed by atoms with Gasteiger partial charge >= 0.3 is 36.9 Å². The summed E-state index contributed by atoms with van der Waals surface area (Å²) in [6, 6.07) is 39.8. The maximum atomic E-state index is 13.1. The number of rotatable bonds is 30. The van der Waals surface area contributed by atoms with Crippen molar-refractivity contribution in [2.75, 3.05) is 85.3 Å². The van der Waals surface area contributed by atoms with E-state index in [1.807, 2.05) is 93.3 Å². The Morgan fingerprint density at radius 3 is 1.04 bits per heavy atom. The average Bonchev–Trinajstić information content (AvgIpc) is 1.67. The second kappa shape index (κ2) is 47.7. The molecule has 45 heteroatoms. The van der Waals surface area contributed by atoms with Gasteiger partial charge in [-0.15, -0.1) is 56.7 Å². The topological polar surface area (TPSA) is 267 Å². The molecule has 1 fully saturated rings. The number of carbonyl (C=O) groups is 6. The molecule has 0 bridgehead atoms. The second-order valence-electron chi connectivity index (χ2n) is 31.1. The quantitative estimate of drug-likeness (QED) is 0.0215. The van der Waals surface area contributed by atoms with E-state index in [0.29, 0.717) is 88.5 Å². The minimum Gasteiger partial charge on any atom is -0.465 e. The third kappa shape index (κ3) is 30.6. The molecule has 1 aliphatic heterocycles. The van der Waals surface area contributed by atoms with Gasteiger partial charge in [0.1, 0.15) is 63.5 Å². The highest BCUT2D eigenvalue weighted by Crippen LogP contribution is 2.41. The summed E-state index contributed by atoms with van der Waals surface area (Å²) in [6.07, 6.45) is -19.7. The second-order valence-corrected chi connectivity index (χ2v) is 36.5. The van der Waals surface area contributed by atoms with Crippen molar-refractivity contribution in [3.63, 3.8) is 0 Å². The molecule has 2 aromatic carbocycles. The lowest BCUT2D eigenvalue weighted by Crippen LogP contribution is -2.38. The Bertz CT molecular complexity index is 5820. The number of morpholine rings is 1. The van der Waals surface area contributed by atoms with Gasteiger partial charge in [-0.3, -0.25) is 57.1 Å². The van der Waals surface area contributed by atoms with Crippen molar-refractivity contribution in [1.82, 2.24) is 79.1 Å². The van der Waals surface area contributed by atoms with Crippen LogP contribution < -0.4 is 10.6 Å². The summed E-state index contributed by atoms with van der Waals surface area (Å²) in [7, 11) is 6.21. The molecule has 10 aromatic heterocycles. The van der Waals surface area contributed by atoms with E-state index in [0.717, 1.165) is 162 Å². The summed E-state index contributed by atoms with van der Waals surface area (Å²) >= 11 is 5.53. The maximum absolute atomic E-state index is 13.1. The minimum atomic E-state index is -4.53. The number of aliphatic hydroxyl groups is 1. The fraction of sp³-hybridized carbons (Fsp3) is 0.404. The minimum absolute atomic E-state index is 0.0874. The van der Waals surface area contributed by atoms with Gasteiger partial charge in [0, 0.05) is 94.1 Å². The van der Waals surface area contributed by atoms with E-state index in [1.54, 1.807) is 60.4 Å². The molecule has 134 heavy (non-hydrogen) atoms. The van der Waals surface area contributed by atoms with Crippen LogP contribution in [0.4, 0.5) is 65.9 Å². The zero-order valence-electron chi connectivity index (χ0n) is 74.5. The third-order valence-corrected chi connectivity index (χ3v) is 25.0. The number of hydrogen-bond donors (Lipinski definition) is 3. The number of amides is 5. The predicted octanol–water partition coefficient (Wildman–Crippen LogP) is 19.4. The van der Waals surface area contributed by atoms with Crippen molar-refractivity contribution in [3.05, 3.63) is 216 Å². The number of thiophene rings is 5. The van der Waals surface area contributed by atoms with Crippen molar-refractivity contribution in [2.24, 2.45) is 47.1 Å². The monoisotopic (exact) mass is 1980 g/mol. The molecule has 0 atom stereocenters. The number of esters is 1. The lowest BCUT2D eigenvalue weighted by Gasteiger charge is -2.26. The first-order valence-corrected chi connectivity index (χ1v) is 45.9. The van der Waals surface area contributed by atoms with E-state index >= 15 is 0 Å². The van der Waals surface area contributed by atoms with Crippen LogP contribution in [0.15, 0.2) is 152 Å². The van der Waals surface area contributed by atoms with Gasteiger partial charge in [-0.2, -0.15) is 91.3 Å². The van der Waals surface area contributed by atoms with Crippen LogP contribution in [0, 0.1) is 11.8 Å². The van der Waals surface area contributed by atoms with Crippen LogP contribution in [0.1, 0.15) is 149 Å². The van der Waals surface area contributed by atoms with Gasteiger partial charge in [0.15, 0.2) is 0 Å². The number of hydrogen-bond acceptors (Lipinski definition) is 20. The van der Waals surface area contributed by atoms with Gasteiger partial charge in [0.25, 0.3) is 29.5 Å². The molecular formula is C89H99F15N16O9S5. The summed E-state index contributed by atoms with van der Waals surface area (Å²) in [6.45, 7) is 19.2. The van der Waals surface area contributed by atoms with Gasteiger partial charge in [-0.1, -0.05) is 102 Å². The van der Waals surface area contributed by atoms with Crippen LogP contribution in [-0.4, -0.2) is 194 Å². The summed E-state index contributed by atoms with van der Waals surface area (Å²) < 4.78 is 208. The Balaban J connectivity index is 0.000000189. The number of carbonyl (C=O) groups excluding carboxylic acids is 6. The van der Waals surface area contributed by atoms with Crippen molar-refractivity contribution >= 4 is 92.2 Å². The van der Waals surface area contributed by atoms with E-state index < -0.39 is 71.2 Å². The molecule has 0 aliphatic carbocycles. The number of benzene rings is 2. The Labute approximate surface area is 781 Å². The van der Waals surface area contributed by atoms with Gasteiger partial charge in [-0.05, 0) is 140 Å². The highest BCUT2D eigenvalue weighted by Gasteiger charge is 2.40. The van der Waals surface area contributed by atoms with Crippen molar-refractivity contribution in [2.45, 2.75) is 105 Å². The Hall–Kier alpha value is -11.4. The summed E-state index contributed by atoms with van der Waals surface area (Å²) in [5.74, 6) is -1.10. The predicted molar refractivity (Wildman–Crippen MR) is 481 cm³/mol. The summed E-state index contributed by atoms with van der Waals surface area (Å²) in [4.78, 5) is 86.7. The van der Waals surface area contributed by atoms with Crippen molar-refractivity contribution in [1.29, 1.82) is 0 Å². The highest BCUT2D eigenvalue weighted by molar-refractivity contribution is 7.18. The Morgan fingerprint density at radius 2 is 0.731 bits per heavy atom. The maximum Gasteiger partial charge on any atom is 0.433 e. The lowest BCUT2D eigenvalue weighted by atomic mass is 10.1. The van der Waals surface area contributed by atoms with E-state index in [2.05, 4.69) is 48.0 Å². The molecule has 1 aliphatic rings. The first-order valence-electron chi connectivity index (χ1n) is 41.8. The van der Waals surface area contributed by atoms with E-state index in [1.165, 1.54) is 63.6 Å². The third-order valence-electron chi connectivity index (χ3n) is 19.5. The van der Waals surface area contributed by atoms with Gasteiger partial charge in [0.2, 0.25) is 0 Å². The molecule has 0 spiro atoms. The first kappa shape index (κ1) is 106. The largest absolute Gasteiger partial charge is 0.465 e. The number of nitrogens with one attached hydrogen (secondary N) is 2. The summed E-state index contributed by atoms with van der Waals surface area (Å²) in [5.41, 5.74) is -1.37. The van der Waals surface area contributed by atoms with Gasteiger partial charge in [0.05, 0.1) is 75.2 Å². The van der Waals surface area contributed by atoms with Crippen molar-refractivity contribution < 1.29 is 109 Å². The molecule has 0 radical (unpaired) electrons. The van der Waals surface area contributed by atoms with Crippen LogP contribution in [0.5, 0.6) is 0 Å². The van der Waals surface area contributed by atoms with E-state index in [9.17, 15) is 94.6 Å². The SMILES string of the molecule is CC(C)CN(CC(C)C)C(=O)c1ccc(-c2cc(C(F)(F)F)n(C)n2)s1.CCCCN(Cc1ccccc1)C(=O)c1ccc(-c2cc(C(F)(F)F)n(C)n2)s1.CCOC(=O)CN(Cc1ccccc1)C(=O)c1ccc(-c2cc(C(F)(F)F)n(C)n2)s1.Cn1nc(-c2ccc(C(=O)NCCCN3CCOCC3)s2)cc1C(F)(F)F.Cn1nc(-c2ccc(C(=O)NCCO)s2)cc1C(F)(F)F. The standard InChI is InChI=1S/C21H20F3N3O3S.C21H22F3N3OS.C18H24F3N3OS.C17H21F3N4O2S.C12H12F3N3O2S/c1-3-30-19(28)13-27(12-14-7-5-4-6-8-14)20(29)17-10-9-16(31-17)15-11-18(21(22,23)24)26(2)25-15;1-3-4-12-27(14-15-8-6-5-7-9-15)20(28)18-11-10-17(29-18)16-13-19(21(22,23)24)26(2)25-16;1-11(2)9-24(10-12(3)4)17(25)15-7-6-14(26-15)13-8-16(18(19,20)21)23(5)22-13;1-23-15(17(18,19)20)11-12(22-23)13-3-4-14(27-13)16(25)21-5-2-6-24-7-9-26-10-8-24;1-18-10(12(13,14)15)6-7(17-18)8-2-3-9(21-8)11(20)16-4-5-19/h4-11H,3,12-13H2,1-2H3;5-11,13H,3-4,12,14H2,1-2H3;6-8,11-12H,9-10H2,1-5H3;3-4,11H,2,5-10H2,1H3,(H,21,25);2-3,6,19H,4-5H2,1H3,(H,16,20). The number of ether oxygens (including phenoxy) is 2. The van der Waals surface area contributed by atoms with E-state index in [4.69, 9.17) is 14.6 Å². The lowest BCUT2D eigenvalue weighted by molar-refractivity contribution is -0.144. The van der Waals surface area contributed by atoms with Gasteiger partial charge < -0.3 is 39.9 Å². The van der Waals surface area contributed by atoms with Crippen molar-refractivity contribution in [3.8, 4) is 52.9 Å². The van der Waals surface area contributed by atoms with Gasteiger partial charge in [-0.25, -0.2) is 0 Å². The number of nitrogens with zero attached hydrogens (tertiary/aromatic N) is 14. The van der Waals surface area contributed by atoms with Crippen LogP contribution in [0.25, 0.3) is 52.9 Å². The molecule has 11 heterocycles. The summed E-state index contributed by atoms with van der Waals surface area (Å²) in [5, 5.41) is 33.5.